The second-order valence-corrected chi connectivity index (χ2v) is 5.86. The first-order valence-electron chi connectivity index (χ1n) is 7.68. The minimum atomic E-state index is -0.0576. The van der Waals surface area contributed by atoms with Crippen LogP contribution in [0.5, 0.6) is 5.88 Å². The van der Waals surface area contributed by atoms with Crippen LogP contribution in [-0.4, -0.2) is 78.4 Å². The minimum Gasteiger partial charge on any atom is -0.480 e. The number of carbonyl (C=O) groups excluding carboxylic acids is 1. The van der Waals surface area contributed by atoms with Crippen LogP contribution in [-0.2, 0) is 4.74 Å². The van der Waals surface area contributed by atoms with Crippen molar-refractivity contribution in [2.24, 2.45) is 5.92 Å². The molecule has 0 saturated carbocycles. The zero-order chi connectivity index (χ0) is 15.5. The summed E-state index contributed by atoms with van der Waals surface area (Å²) in [6.45, 7) is 7.15. The zero-order valence-electron chi connectivity index (χ0n) is 13.1. The molecule has 2 aliphatic heterocycles. The molecule has 0 radical (unpaired) electrons. The van der Waals surface area contributed by atoms with Crippen LogP contribution in [0.1, 0.15) is 17.4 Å². The summed E-state index contributed by atoms with van der Waals surface area (Å²) >= 11 is 0. The van der Waals surface area contributed by atoms with E-state index in [2.05, 4.69) is 22.0 Å². The third-order valence-corrected chi connectivity index (χ3v) is 4.44. The van der Waals surface area contributed by atoms with E-state index in [1.807, 2.05) is 4.90 Å². The lowest BCUT2D eigenvalue weighted by Crippen LogP contribution is -2.47. The van der Waals surface area contributed by atoms with Crippen LogP contribution in [0, 0.1) is 5.92 Å². The van der Waals surface area contributed by atoms with Gasteiger partial charge in [-0.05, 0) is 12.0 Å². The van der Waals surface area contributed by atoms with Gasteiger partial charge in [0.1, 0.15) is 0 Å². The molecule has 3 rings (SSSR count). The highest BCUT2D eigenvalue weighted by Crippen LogP contribution is 2.24. The molecular formula is C15H22N4O3. The first-order chi connectivity index (χ1) is 10.7. The summed E-state index contributed by atoms with van der Waals surface area (Å²) in [6.07, 6.45) is 0. The van der Waals surface area contributed by atoms with Crippen molar-refractivity contribution in [3.8, 4) is 5.88 Å². The van der Waals surface area contributed by atoms with Crippen LogP contribution < -0.4 is 4.74 Å². The van der Waals surface area contributed by atoms with Gasteiger partial charge in [-0.2, -0.15) is 0 Å². The van der Waals surface area contributed by atoms with Crippen LogP contribution in [0.25, 0.3) is 0 Å². The van der Waals surface area contributed by atoms with Gasteiger partial charge in [0.2, 0.25) is 5.88 Å². The van der Waals surface area contributed by atoms with Crippen molar-refractivity contribution in [1.29, 1.82) is 0 Å². The molecule has 22 heavy (non-hydrogen) atoms. The molecule has 2 saturated heterocycles. The lowest BCUT2D eigenvalue weighted by atomic mass is 10.0. The minimum absolute atomic E-state index is 0.0576. The molecule has 120 valence electrons. The van der Waals surface area contributed by atoms with Crippen molar-refractivity contribution in [3.05, 3.63) is 17.8 Å². The van der Waals surface area contributed by atoms with Crippen LogP contribution in [0.3, 0.4) is 0 Å². The largest absolute Gasteiger partial charge is 0.480 e. The standard InChI is InChI=1S/C15H22N4O3/c1-11-9-19(10-13(11)18-5-7-22-8-6-18)15(20)12-3-4-14(21-2)17-16-12/h3-4,11,13H,5-10H2,1-2H3. The summed E-state index contributed by atoms with van der Waals surface area (Å²) in [5.41, 5.74) is 0.371. The third kappa shape index (κ3) is 3.05. The van der Waals surface area contributed by atoms with Gasteiger partial charge in [0.05, 0.1) is 20.3 Å². The second-order valence-electron chi connectivity index (χ2n) is 5.86. The molecule has 0 N–H and O–H groups in total. The summed E-state index contributed by atoms with van der Waals surface area (Å²) in [5, 5.41) is 7.83. The van der Waals surface area contributed by atoms with Crippen molar-refractivity contribution in [3.63, 3.8) is 0 Å². The average Bonchev–Trinajstić information content (AvgIpc) is 2.97. The average molecular weight is 306 g/mol. The number of morpholine rings is 1. The topological polar surface area (TPSA) is 67.8 Å². The quantitative estimate of drug-likeness (QED) is 0.799. The maximum Gasteiger partial charge on any atom is 0.274 e. The van der Waals surface area contributed by atoms with Crippen LogP contribution >= 0.6 is 0 Å². The van der Waals surface area contributed by atoms with Crippen molar-refractivity contribution < 1.29 is 14.3 Å². The van der Waals surface area contributed by atoms with E-state index in [4.69, 9.17) is 9.47 Å². The lowest BCUT2D eigenvalue weighted by molar-refractivity contribution is 0.0119. The van der Waals surface area contributed by atoms with E-state index in [0.717, 1.165) is 39.4 Å². The number of hydrogen-bond donors (Lipinski definition) is 0. The van der Waals surface area contributed by atoms with E-state index in [1.165, 1.54) is 7.11 Å². The van der Waals surface area contributed by atoms with E-state index in [-0.39, 0.29) is 5.91 Å². The predicted octanol–water partition coefficient (Wildman–Crippen LogP) is 0.278. The molecule has 7 heteroatoms. The number of rotatable bonds is 3. The normalized spacial score (nSPS) is 26.2. The summed E-state index contributed by atoms with van der Waals surface area (Å²) in [5.74, 6) is 0.809. The first kappa shape index (κ1) is 15.2. The Morgan fingerprint density at radius 1 is 1.27 bits per heavy atom. The fraction of sp³-hybridized carbons (Fsp3) is 0.667. The third-order valence-electron chi connectivity index (χ3n) is 4.44. The molecule has 2 unspecified atom stereocenters. The van der Waals surface area contributed by atoms with Gasteiger partial charge in [-0.25, -0.2) is 0 Å². The van der Waals surface area contributed by atoms with Crippen LogP contribution in [0.15, 0.2) is 12.1 Å². The first-order valence-corrected chi connectivity index (χ1v) is 7.68. The molecule has 1 amide bonds. The van der Waals surface area contributed by atoms with E-state index in [1.54, 1.807) is 12.1 Å². The predicted molar refractivity (Wildman–Crippen MR) is 79.8 cm³/mol. The fourth-order valence-corrected chi connectivity index (χ4v) is 3.20. The van der Waals surface area contributed by atoms with Crippen LogP contribution in [0.2, 0.25) is 0 Å². The van der Waals surface area contributed by atoms with Gasteiger partial charge in [0, 0.05) is 38.3 Å². The Bertz CT molecular complexity index is 516. The number of likely N-dealkylation sites (tertiary alicyclic amines) is 1. The van der Waals surface area contributed by atoms with E-state index in [0.29, 0.717) is 23.5 Å². The number of hydrogen-bond acceptors (Lipinski definition) is 6. The fourth-order valence-electron chi connectivity index (χ4n) is 3.20. The number of nitrogens with zero attached hydrogens (tertiary/aromatic N) is 4. The van der Waals surface area contributed by atoms with Gasteiger partial charge in [0.25, 0.3) is 5.91 Å². The number of carbonyl (C=O) groups is 1. The number of amides is 1. The Morgan fingerprint density at radius 2 is 2.05 bits per heavy atom. The summed E-state index contributed by atoms with van der Waals surface area (Å²) < 4.78 is 10.4. The van der Waals surface area contributed by atoms with Crippen LogP contribution in [0.4, 0.5) is 0 Å². The van der Waals surface area contributed by atoms with Crippen molar-refractivity contribution >= 4 is 5.91 Å². The Labute approximate surface area is 130 Å². The maximum absolute atomic E-state index is 12.6. The molecule has 2 atom stereocenters. The summed E-state index contributed by atoms with van der Waals surface area (Å²) in [4.78, 5) is 16.9. The highest BCUT2D eigenvalue weighted by Gasteiger charge is 2.37. The molecule has 0 bridgehead atoms. The smallest absolute Gasteiger partial charge is 0.274 e. The van der Waals surface area contributed by atoms with Gasteiger partial charge in [-0.15, -0.1) is 10.2 Å². The van der Waals surface area contributed by atoms with Gasteiger partial charge in [-0.1, -0.05) is 6.92 Å². The van der Waals surface area contributed by atoms with Gasteiger partial charge in [0.15, 0.2) is 5.69 Å². The lowest BCUT2D eigenvalue weighted by Gasteiger charge is -2.33. The van der Waals surface area contributed by atoms with Gasteiger partial charge >= 0.3 is 0 Å². The Hall–Kier alpha value is -1.73. The zero-order valence-corrected chi connectivity index (χ0v) is 13.1. The molecule has 2 aliphatic rings. The van der Waals surface area contributed by atoms with Crippen molar-refractivity contribution in [2.75, 3.05) is 46.5 Å². The molecule has 0 aliphatic carbocycles. The maximum atomic E-state index is 12.6. The molecule has 1 aromatic heterocycles. The number of ether oxygens (including phenoxy) is 2. The molecule has 3 heterocycles. The highest BCUT2D eigenvalue weighted by molar-refractivity contribution is 5.92. The molecule has 7 nitrogen and oxygen atoms in total. The van der Waals surface area contributed by atoms with Crippen molar-refractivity contribution in [1.82, 2.24) is 20.0 Å². The van der Waals surface area contributed by atoms with Gasteiger partial charge in [-0.3, -0.25) is 9.69 Å². The molecule has 0 spiro atoms. The van der Waals surface area contributed by atoms with E-state index in [9.17, 15) is 4.79 Å². The molecular weight excluding hydrogens is 284 g/mol. The SMILES string of the molecule is COc1ccc(C(=O)N2CC(C)C(N3CCOCC3)C2)nn1. The number of aromatic nitrogens is 2. The Kier molecular flexibility index (Phi) is 4.54. The summed E-state index contributed by atoms with van der Waals surface area (Å²) in [6, 6.07) is 3.74. The number of methoxy groups -OCH3 is 1. The second kappa shape index (κ2) is 6.58. The van der Waals surface area contributed by atoms with E-state index >= 15 is 0 Å². The Morgan fingerprint density at radius 3 is 2.68 bits per heavy atom. The molecule has 2 fully saturated rings. The molecule has 1 aromatic rings. The Balaban J connectivity index is 1.66. The highest BCUT2D eigenvalue weighted by atomic mass is 16.5. The summed E-state index contributed by atoms with van der Waals surface area (Å²) in [7, 11) is 1.53. The van der Waals surface area contributed by atoms with E-state index < -0.39 is 0 Å². The van der Waals surface area contributed by atoms with Gasteiger partial charge < -0.3 is 14.4 Å². The molecule has 0 aromatic carbocycles. The van der Waals surface area contributed by atoms with Crippen molar-refractivity contribution in [2.45, 2.75) is 13.0 Å². The monoisotopic (exact) mass is 306 g/mol.